The third-order valence-corrected chi connectivity index (χ3v) is 6.32. The lowest BCUT2D eigenvalue weighted by atomic mass is 10.2. The Kier molecular flexibility index (Phi) is 3.75. The summed E-state index contributed by atoms with van der Waals surface area (Å²) in [5, 5.41) is 0. The van der Waals surface area contributed by atoms with Gasteiger partial charge in [0.05, 0.1) is 12.8 Å². The Morgan fingerprint density at radius 1 is 1.38 bits per heavy atom. The van der Waals surface area contributed by atoms with Gasteiger partial charge in [-0.15, -0.1) is 0 Å². The molecule has 2 heterocycles. The van der Waals surface area contributed by atoms with Crippen LogP contribution in [0.25, 0.3) is 0 Å². The fourth-order valence-electron chi connectivity index (χ4n) is 3.26. The van der Waals surface area contributed by atoms with E-state index in [1.54, 1.807) is 0 Å². The third-order valence-electron chi connectivity index (χ3n) is 4.55. The number of sulfone groups is 1. The highest BCUT2D eigenvalue weighted by Crippen LogP contribution is 2.27. The molecule has 3 rings (SSSR count). The van der Waals surface area contributed by atoms with Gasteiger partial charge < -0.3 is 9.80 Å². The second-order valence-corrected chi connectivity index (χ2v) is 8.28. The minimum absolute atomic E-state index is 0.0526. The number of hydrogen-bond donors (Lipinski definition) is 1. The second-order valence-electron chi connectivity index (χ2n) is 6.05. The van der Waals surface area contributed by atoms with Crippen LogP contribution in [-0.4, -0.2) is 52.0 Å². The number of benzene rings is 1. The molecule has 0 bridgehead atoms. The normalized spacial score (nSPS) is 24.8. The Bertz CT molecular complexity index is 657. The Morgan fingerprint density at radius 2 is 2.14 bits per heavy atom. The number of rotatable bonds is 3. The number of anilines is 1. The summed E-state index contributed by atoms with van der Waals surface area (Å²) in [5.41, 5.74) is 2.22. The van der Waals surface area contributed by atoms with Crippen molar-refractivity contribution >= 4 is 21.4 Å². The first-order valence-corrected chi connectivity index (χ1v) is 9.19. The fraction of sp³-hybridized carbons (Fsp3) is 0.533. The minimum atomic E-state index is -2.89. The Labute approximate surface area is 125 Å². The van der Waals surface area contributed by atoms with Gasteiger partial charge in [-0.3, -0.25) is 4.79 Å². The fourth-order valence-corrected chi connectivity index (χ4v) is 5.13. The van der Waals surface area contributed by atoms with E-state index in [2.05, 4.69) is 6.07 Å². The second kappa shape index (κ2) is 5.42. The van der Waals surface area contributed by atoms with Crippen molar-refractivity contribution in [2.24, 2.45) is 0 Å². The summed E-state index contributed by atoms with van der Waals surface area (Å²) in [6, 6.07) is 8.04. The average molecular weight is 309 g/mol. The van der Waals surface area contributed by atoms with Gasteiger partial charge in [0, 0.05) is 18.7 Å². The topological polar surface area (TPSA) is 58.9 Å². The highest BCUT2D eigenvalue weighted by Gasteiger charge is 2.35. The van der Waals surface area contributed by atoms with Gasteiger partial charge in [-0.1, -0.05) is 18.2 Å². The molecule has 1 aromatic carbocycles. The number of fused-ring (bicyclic) bond motifs is 1. The molecule has 1 aromatic rings. The van der Waals surface area contributed by atoms with Crippen molar-refractivity contribution in [3.63, 3.8) is 0 Å². The van der Waals surface area contributed by atoms with Gasteiger partial charge in [-0.05, 0) is 18.1 Å². The smallest absolute Gasteiger partial charge is 0.282 e. The molecule has 1 amide bonds. The monoisotopic (exact) mass is 309 g/mol. The molecule has 0 aliphatic carbocycles. The van der Waals surface area contributed by atoms with E-state index in [4.69, 9.17) is 0 Å². The van der Waals surface area contributed by atoms with E-state index in [0.717, 1.165) is 23.6 Å². The molecular weight excluding hydrogens is 288 g/mol. The number of nitrogens with zero attached hydrogens (tertiary/aromatic N) is 1. The number of carbonyl (C=O) groups is 1. The van der Waals surface area contributed by atoms with E-state index >= 15 is 0 Å². The largest absolute Gasteiger partial charge is 0.326 e. The molecule has 2 atom stereocenters. The molecule has 2 aliphatic rings. The lowest BCUT2D eigenvalue weighted by Gasteiger charge is -2.23. The number of amides is 1. The molecule has 0 spiro atoms. The van der Waals surface area contributed by atoms with Crippen molar-refractivity contribution in [3.8, 4) is 0 Å². The minimum Gasteiger partial charge on any atom is -0.326 e. The molecule has 2 aliphatic heterocycles. The summed E-state index contributed by atoms with van der Waals surface area (Å²) < 4.78 is 23.1. The van der Waals surface area contributed by atoms with Crippen LogP contribution in [0.1, 0.15) is 12.0 Å². The number of nitrogens with one attached hydrogen (secondary N) is 1. The predicted octanol–water partition coefficient (Wildman–Crippen LogP) is -0.722. The molecule has 5 nitrogen and oxygen atoms in total. The van der Waals surface area contributed by atoms with Gasteiger partial charge in [0.25, 0.3) is 5.91 Å². The summed E-state index contributed by atoms with van der Waals surface area (Å²) in [4.78, 5) is 15.3. The molecule has 0 radical (unpaired) electrons. The number of quaternary nitrogens is 1. The zero-order chi connectivity index (χ0) is 15.0. The molecule has 1 N–H and O–H groups in total. The van der Waals surface area contributed by atoms with Gasteiger partial charge >= 0.3 is 0 Å². The first-order valence-electron chi connectivity index (χ1n) is 7.37. The van der Waals surface area contributed by atoms with E-state index in [1.807, 2.05) is 30.1 Å². The Morgan fingerprint density at radius 3 is 2.86 bits per heavy atom. The highest BCUT2D eigenvalue weighted by molar-refractivity contribution is 7.91. The van der Waals surface area contributed by atoms with E-state index < -0.39 is 9.84 Å². The summed E-state index contributed by atoms with van der Waals surface area (Å²) in [6.07, 6.45) is 1.57. The standard InChI is InChI=1S/C15H20N2O3S/c1-16(13-7-9-21(19,20)11-13)10-15(18)17-8-6-12-4-2-3-5-14(12)17/h2-5,13H,6-11H2,1H3/p+1/t13-/m0/s1. The maximum Gasteiger partial charge on any atom is 0.282 e. The molecule has 0 aromatic heterocycles. The van der Waals surface area contributed by atoms with Crippen LogP contribution < -0.4 is 9.80 Å². The van der Waals surface area contributed by atoms with E-state index in [1.165, 1.54) is 5.56 Å². The molecule has 114 valence electrons. The number of para-hydroxylation sites is 1. The molecule has 21 heavy (non-hydrogen) atoms. The molecule has 0 saturated carbocycles. The average Bonchev–Trinajstić information content (AvgIpc) is 3.01. The lowest BCUT2D eigenvalue weighted by Crippen LogP contribution is -3.14. The van der Waals surface area contributed by atoms with E-state index in [9.17, 15) is 13.2 Å². The lowest BCUT2D eigenvalue weighted by molar-refractivity contribution is -0.894. The van der Waals surface area contributed by atoms with Crippen LogP contribution in [-0.2, 0) is 21.1 Å². The Hall–Kier alpha value is -1.40. The van der Waals surface area contributed by atoms with Crippen molar-refractivity contribution in [2.75, 3.05) is 36.5 Å². The van der Waals surface area contributed by atoms with E-state index in [0.29, 0.717) is 13.0 Å². The zero-order valence-electron chi connectivity index (χ0n) is 12.2. The zero-order valence-corrected chi connectivity index (χ0v) is 13.0. The van der Waals surface area contributed by atoms with Gasteiger partial charge in [-0.25, -0.2) is 8.42 Å². The molecule has 1 fully saturated rings. The van der Waals surface area contributed by atoms with Gasteiger partial charge in [-0.2, -0.15) is 0 Å². The summed E-state index contributed by atoms with van der Waals surface area (Å²) in [6.45, 7) is 1.09. The van der Waals surface area contributed by atoms with Gasteiger partial charge in [0.1, 0.15) is 11.8 Å². The molecular formula is C15H21N2O3S+. The number of likely N-dealkylation sites (N-methyl/N-ethyl adjacent to an activating group) is 1. The van der Waals surface area contributed by atoms with Crippen LogP contribution in [0.5, 0.6) is 0 Å². The third kappa shape index (κ3) is 2.96. The molecule has 1 unspecified atom stereocenters. The van der Waals surface area contributed by atoms with Crippen LogP contribution in [0.2, 0.25) is 0 Å². The molecule has 6 heteroatoms. The Balaban J connectivity index is 1.65. The number of hydrogen-bond acceptors (Lipinski definition) is 3. The maximum absolute atomic E-state index is 12.5. The quantitative estimate of drug-likeness (QED) is 0.801. The first-order chi connectivity index (χ1) is 9.96. The predicted molar refractivity (Wildman–Crippen MR) is 81.3 cm³/mol. The summed E-state index contributed by atoms with van der Waals surface area (Å²) >= 11 is 0. The SMILES string of the molecule is C[NH+](CC(=O)N1CCc2ccccc21)[C@H]1CCS(=O)(=O)C1. The maximum atomic E-state index is 12.5. The van der Waals surface area contributed by atoms with Crippen LogP contribution >= 0.6 is 0 Å². The van der Waals surface area contributed by atoms with Crippen molar-refractivity contribution < 1.29 is 18.1 Å². The van der Waals surface area contributed by atoms with Crippen LogP contribution in [0, 0.1) is 0 Å². The molecule has 1 saturated heterocycles. The van der Waals surface area contributed by atoms with Crippen LogP contribution in [0.15, 0.2) is 24.3 Å². The van der Waals surface area contributed by atoms with Crippen LogP contribution in [0.3, 0.4) is 0 Å². The van der Waals surface area contributed by atoms with Crippen molar-refractivity contribution in [1.29, 1.82) is 0 Å². The summed E-state index contributed by atoms with van der Waals surface area (Å²) in [5.74, 6) is 0.556. The summed E-state index contributed by atoms with van der Waals surface area (Å²) in [7, 11) is -0.968. The van der Waals surface area contributed by atoms with E-state index in [-0.39, 0.29) is 23.5 Å². The number of carbonyl (C=O) groups excluding carboxylic acids is 1. The van der Waals surface area contributed by atoms with Gasteiger partial charge in [0.15, 0.2) is 16.4 Å². The highest BCUT2D eigenvalue weighted by atomic mass is 32.2. The van der Waals surface area contributed by atoms with Crippen LogP contribution in [0.4, 0.5) is 5.69 Å². The van der Waals surface area contributed by atoms with Crippen molar-refractivity contribution in [2.45, 2.75) is 18.9 Å². The van der Waals surface area contributed by atoms with Crippen molar-refractivity contribution in [1.82, 2.24) is 0 Å². The van der Waals surface area contributed by atoms with Crippen molar-refractivity contribution in [3.05, 3.63) is 29.8 Å². The van der Waals surface area contributed by atoms with Gasteiger partial charge in [0.2, 0.25) is 0 Å². The first kappa shape index (κ1) is 14.5.